The molecule has 0 saturated carbocycles. The summed E-state index contributed by atoms with van der Waals surface area (Å²) in [6, 6.07) is 9.67. The minimum atomic E-state index is -0.825. The van der Waals surface area contributed by atoms with E-state index in [4.69, 9.17) is 11.6 Å². The lowest BCUT2D eigenvalue weighted by Crippen LogP contribution is -2.00. The van der Waals surface area contributed by atoms with E-state index < -0.39 is 11.6 Å². The topological polar surface area (TPSA) is 0 Å². The normalized spacial score (nSPS) is 12.5. The van der Waals surface area contributed by atoms with Gasteiger partial charge in [-0.2, -0.15) is 0 Å². The molecule has 0 radical (unpaired) electrons. The lowest BCUT2D eigenvalue weighted by atomic mass is 10.0. The van der Waals surface area contributed by atoms with Gasteiger partial charge in [0.25, 0.3) is 0 Å². The number of halogens is 5. The summed E-state index contributed by atoms with van der Waals surface area (Å²) >= 11 is 12.7. The molecule has 0 aliphatic rings. The Kier molecular flexibility index (Phi) is 4.98. The van der Waals surface area contributed by atoms with E-state index in [9.17, 15) is 8.78 Å². The molecule has 2 aromatic carbocycles. The Morgan fingerprint density at radius 1 is 1.16 bits per heavy atom. The van der Waals surface area contributed by atoms with Crippen molar-refractivity contribution >= 4 is 43.5 Å². The Morgan fingerprint density at radius 2 is 1.89 bits per heavy atom. The summed E-state index contributed by atoms with van der Waals surface area (Å²) < 4.78 is 27.5. The molecule has 0 bridgehead atoms. The van der Waals surface area contributed by atoms with Crippen molar-refractivity contribution in [2.24, 2.45) is 0 Å². The summed E-state index contributed by atoms with van der Waals surface area (Å²) in [4.78, 5) is -0.114. The average molecular weight is 410 g/mol. The van der Waals surface area contributed by atoms with Gasteiger partial charge in [0, 0.05) is 9.30 Å². The zero-order chi connectivity index (χ0) is 14.0. The first-order valence-electron chi connectivity index (χ1n) is 5.51. The largest absolute Gasteiger partial charge is 0.204 e. The van der Waals surface area contributed by atoms with Gasteiger partial charge in [-0.25, -0.2) is 8.78 Å². The molecule has 2 aromatic rings. The monoisotopic (exact) mass is 408 g/mol. The van der Waals surface area contributed by atoms with E-state index in [2.05, 4.69) is 31.9 Å². The second-order valence-electron chi connectivity index (χ2n) is 4.06. The van der Waals surface area contributed by atoms with Gasteiger partial charge in [-0.3, -0.25) is 0 Å². The third kappa shape index (κ3) is 3.56. The Morgan fingerprint density at radius 3 is 2.58 bits per heavy atom. The molecular weight excluding hydrogens is 401 g/mol. The maximum Gasteiger partial charge on any atom is 0.162 e. The smallest absolute Gasteiger partial charge is 0.162 e. The molecule has 0 aliphatic heterocycles. The minimum Gasteiger partial charge on any atom is -0.204 e. The predicted molar refractivity (Wildman–Crippen MR) is 80.9 cm³/mol. The van der Waals surface area contributed by atoms with E-state index in [1.165, 1.54) is 6.07 Å². The molecule has 0 spiro atoms. The summed E-state index contributed by atoms with van der Waals surface area (Å²) in [7, 11) is 0. The van der Waals surface area contributed by atoms with E-state index in [1.807, 2.05) is 12.1 Å². The van der Waals surface area contributed by atoms with Gasteiger partial charge < -0.3 is 0 Å². The van der Waals surface area contributed by atoms with Gasteiger partial charge in [0.1, 0.15) is 0 Å². The fourth-order valence-corrected chi connectivity index (χ4v) is 2.87. The number of hydrogen-bond donors (Lipinski definition) is 0. The molecule has 0 aromatic heterocycles. The van der Waals surface area contributed by atoms with Crippen LogP contribution in [0.2, 0.25) is 5.02 Å². The molecule has 0 N–H and O–H groups in total. The van der Waals surface area contributed by atoms with Gasteiger partial charge >= 0.3 is 0 Å². The third-order valence-electron chi connectivity index (χ3n) is 2.74. The highest BCUT2D eigenvalue weighted by atomic mass is 79.9. The van der Waals surface area contributed by atoms with Crippen molar-refractivity contribution in [3.63, 3.8) is 0 Å². The molecule has 0 aliphatic carbocycles. The average Bonchev–Trinajstić information content (AvgIpc) is 2.38. The van der Waals surface area contributed by atoms with Gasteiger partial charge in [-0.05, 0) is 51.7 Å². The van der Waals surface area contributed by atoms with Crippen LogP contribution in [0.4, 0.5) is 8.78 Å². The molecular formula is C14H9Br2ClF2. The highest BCUT2D eigenvalue weighted by Gasteiger charge is 2.14. The standard InChI is InChI=1S/C14H9Br2ClF2/c15-10(8-4-5-12(17)11(16)6-8)7-9-2-1-3-13(18)14(9)19/h1-6,10H,7H2. The van der Waals surface area contributed by atoms with E-state index >= 15 is 0 Å². The molecule has 2 rings (SSSR count). The molecule has 1 atom stereocenters. The SMILES string of the molecule is Fc1cccc(CC(Br)c2ccc(Cl)c(Br)c2)c1F. The Bertz CT molecular complexity index is 602. The molecule has 0 heterocycles. The lowest BCUT2D eigenvalue weighted by molar-refractivity contribution is 0.498. The summed E-state index contributed by atoms with van der Waals surface area (Å²) in [5.41, 5.74) is 1.29. The second kappa shape index (κ2) is 6.33. The van der Waals surface area contributed by atoms with Gasteiger partial charge in [0.05, 0.1) is 5.02 Å². The van der Waals surface area contributed by atoms with Crippen LogP contribution in [-0.4, -0.2) is 0 Å². The van der Waals surface area contributed by atoms with Crippen LogP contribution in [0, 0.1) is 11.6 Å². The summed E-state index contributed by atoms with van der Waals surface area (Å²) in [5.74, 6) is -1.62. The second-order valence-corrected chi connectivity index (χ2v) is 6.43. The van der Waals surface area contributed by atoms with Crippen LogP contribution in [0.15, 0.2) is 40.9 Å². The quantitative estimate of drug-likeness (QED) is 0.540. The number of benzene rings is 2. The molecule has 0 fully saturated rings. The van der Waals surface area contributed by atoms with Crippen molar-refractivity contribution in [1.82, 2.24) is 0 Å². The van der Waals surface area contributed by atoms with Gasteiger partial charge in [-0.15, -0.1) is 0 Å². The van der Waals surface area contributed by atoms with Crippen molar-refractivity contribution in [3.05, 3.63) is 68.7 Å². The number of alkyl halides is 1. The van der Waals surface area contributed by atoms with Crippen LogP contribution < -0.4 is 0 Å². The van der Waals surface area contributed by atoms with Crippen LogP contribution in [0.25, 0.3) is 0 Å². The molecule has 1 unspecified atom stereocenters. The van der Waals surface area contributed by atoms with E-state index in [-0.39, 0.29) is 4.83 Å². The molecule has 0 nitrogen and oxygen atoms in total. The molecule has 5 heteroatoms. The van der Waals surface area contributed by atoms with E-state index in [0.717, 1.165) is 16.1 Å². The number of rotatable bonds is 3. The zero-order valence-corrected chi connectivity index (χ0v) is 13.6. The van der Waals surface area contributed by atoms with Crippen LogP contribution >= 0.6 is 43.5 Å². The van der Waals surface area contributed by atoms with Gasteiger partial charge in [0.15, 0.2) is 11.6 Å². The van der Waals surface area contributed by atoms with Crippen LogP contribution in [0.1, 0.15) is 16.0 Å². The fourth-order valence-electron chi connectivity index (χ4n) is 1.72. The first-order valence-corrected chi connectivity index (χ1v) is 7.59. The van der Waals surface area contributed by atoms with Crippen molar-refractivity contribution in [2.75, 3.05) is 0 Å². The summed E-state index contributed by atoms with van der Waals surface area (Å²) in [5, 5.41) is 0.611. The summed E-state index contributed by atoms with van der Waals surface area (Å²) in [6.07, 6.45) is 0.359. The van der Waals surface area contributed by atoms with Crippen molar-refractivity contribution in [2.45, 2.75) is 11.2 Å². The third-order valence-corrected chi connectivity index (χ3v) is 4.80. The Balaban J connectivity index is 2.23. The zero-order valence-electron chi connectivity index (χ0n) is 9.64. The highest BCUT2D eigenvalue weighted by molar-refractivity contribution is 9.10. The van der Waals surface area contributed by atoms with Crippen molar-refractivity contribution in [3.8, 4) is 0 Å². The fraction of sp³-hybridized carbons (Fsp3) is 0.143. The van der Waals surface area contributed by atoms with Crippen LogP contribution in [-0.2, 0) is 6.42 Å². The maximum atomic E-state index is 13.6. The molecule has 0 amide bonds. The first kappa shape index (κ1) is 14.9. The van der Waals surface area contributed by atoms with Crippen LogP contribution in [0.3, 0.4) is 0 Å². The Hall–Kier alpha value is -0.450. The van der Waals surface area contributed by atoms with Crippen molar-refractivity contribution < 1.29 is 8.78 Å². The van der Waals surface area contributed by atoms with Gasteiger partial charge in [-0.1, -0.05) is 45.7 Å². The van der Waals surface area contributed by atoms with Gasteiger partial charge in [0.2, 0.25) is 0 Å². The van der Waals surface area contributed by atoms with Crippen LogP contribution in [0.5, 0.6) is 0 Å². The highest BCUT2D eigenvalue weighted by Crippen LogP contribution is 2.32. The Labute approximate surface area is 132 Å². The lowest BCUT2D eigenvalue weighted by Gasteiger charge is -2.12. The van der Waals surface area contributed by atoms with E-state index in [1.54, 1.807) is 12.1 Å². The number of hydrogen-bond acceptors (Lipinski definition) is 0. The van der Waals surface area contributed by atoms with Crippen molar-refractivity contribution in [1.29, 1.82) is 0 Å². The summed E-state index contributed by atoms with van der Waals surface area (Å²) in [6.45, 7) is 0. The minimum absolute atomic E-state index is 0.114. The molecule has 0 saturated heterocycles. The molecule has 100 valence electrons. The van der Waals surface area contributed by atoms with E-state index in [0.29, 0.717) is 17.0 Å². The predicted octanol–water partition coefficient (Wildman–Crippen LogP) is 6.06. The first-order chi connectivity index (χ1) is 8.99. The maximum absolute atomic E-state index is 13.6. The molecule has 19 heavy (non-hydrogen) atoms.